The molecule has 0 aliphatic carbocycles. The number of rotatable bonds is 9. The monoisotopic (exact) mass is 214 g/mol. The molecule has 0 atom stereocenters. The molecule has 0 bridgehead atoms. The van der Waals surface area contributed by atoms with E-state index in [2.05, 4.69) is 19.2 Å². The molecular weight excluding hydrogens is 188 g/mol. The van der Waals surface area contributed by atoms with Gasteiger partial charge in [0.2, 0.25) is 5.91 Å². The second kappa shape index (κ2) is 9.97. The molecule has 0 unspecified atom stereocenters. The molecule has 3 nitrogen and oxygen atoms in total. The highest BCUT2D eigenvalue weighted by Gasteiger charge is 2.09. The second-order valence-corrected chi connectivity index (χ2v) is 3.84. The lowest BCUT2D eigenvalue weighted by molar-refractivity contribution is -0.130. The summed E-state index contributed by atoms with van der Waals surface area (Å²) < 4.78 is 0. The van der Waals surface area contributed by atoms with Gasteiger partial charge in [0.15, 0.2) is 0 Å². The van der Waals surface area contributed by atoms with Crippen molar-refractivity contribution in [1.82, 2.24) is 10.2 Å². The van der Waals surface area contributed by atoms with Crippen LogP contribution < -0.4 is 5.32 Å². The Balaban J connectivity index is 3.74. The van der Waals surface area contributed by atoms with Crippen molar-refractivity contribution >= 4 is 5.91 Å². The van der Waals surface area contributed by atoms with Crippen molar-refractivity contribution in [3.05, 3.63) is 0 Å². The molecule has 0 saturated heterocycles. The van der Waals surface area contributed by atoms with Gasteiger partial charge < -0.3 is 10.2 Å². The van der Waals surface area contributed by atoms with E-state index in [4.69, 9.17) is 0 Å². The van der Waals surface area contributed by atoms with E-state index in [0.29, 0.717) is 6.42 Å². The maximum Gasteiger partial charge on any atom is 0.222 e. The van der Waals surface area contributed by atoms with Crippen LogP contribution in [0.4, 0.5) is 0 Å². The Kier molecular flexibility index (Phi) is 9.59. The highest BCUT2D eigenvalue weighted by atomic mass is 16.2. The van der Waals surface area contributed by atoms with Crippen LogP contribution in [0, 0.1) is 0 Å². The summed E-state index contributed by atoms with van der Waals surface area (Å²) >= 11 is 0. The van der Waals surface area contributed by atoms with Gasteiger partial charge in [-0.15, -0.1) is 0 Å². The first-order chi connectivity index (χ1) is 7.26. The minimum absolute atomic E-state index is 0.279. The lowest BCUT2D eigenvalue weighted by Gasteiger charge is -2.22. The van der Waals surface area contributed by atoms with Gasteiger partial charge in [0.05, 0.1) is 0 Å². The molecule has 90 valence electrons. The standard InChI is InChI=1S/C12H26N2O/c1-4-7-10-14(12(15)6-3)11-9-13-8-5-2/h13H,4-11H2,1-3H3. The van der Waals surface area contributed by atoms with Crippen LogP contribution in [0.3, 0.4) is 0 Å². The molecule has 0 aromatic heterocycles. The quantitative estimate of drug-likeness (QED) is 0.596. The summed E-state index contributed by atoms with van der Waals surface area (Å²) in [5, 5.41) is 3.33. The third-order valence-corrected chi connectivity index (χ3v) is 2.42. The molecule has 0 spiro atoms. The van der Waals surface area contributed by atoms with Gasteiger partial charge in [0.25, 0.3) is 0 Å². The topological polar surface area (TPSA) is 32.3 Å². The molecule has 0 aromatic carbocycles. The first kappa shape index (κ1) is 14.4. The third kappa shape index (κ3) is 7.37. The summed E-state index contributed by atoms with van der Waals surface area (Å²) in [7, 11) is 0. The average Bonchev–Trinajstić information content (AvgIpc) is 2.27. The van der Waals surface area contributed by atoms with Crippen molar-refractivity contribution in [3.63, 3.8) is 0 Å². The maximum atomic E-state index is 11.6. The molecule has 0 aromatic rings. The van der Waals surface area contributed by atoms with Gasteiger partial charge in [-0.2, -0.15) is 0 Å². The van der Waals surface area contributed by atoms with E-state index >= 15 is 0 Å². The van der Waals surface area contributed by atoms with Crippen molar-refractivity contribution in [1.29, 1.82) is 0 Å². The number of hydrogen-bond acceptors (Lipinski definition) is 2. The number of carbonyl (C=O) groups is 1. The minimum atomic E-state index is 0.279. The Morgan fingerprint density at radius 1 is 1.07 bits per heavy atom. The Hall–Kier alpha value is -0.570. The molecular formula is C12H26N2O. The molecule has 15 heavy (non-hydrogen) atoms. The van der Waals surface area contributed by atoms with E-state index in [-0.39, 0.29) is 5.91 Å². The zero-order valence-corrected chi connectivity index (χ0v) is 10.5. The molecule has 0 aliphatic heterocycles. The fourth-order valence-electron chi connectivity index (χ4n) is 1.45. The summed E-state index contributed by atoms with van der Waals surface area (Å²) in [4.78, 5) is 13.6. The number of unbranched alkanes of at least 4 members (excludes halogenated alkanes) is 1. The van der Waals surface area contributed by atoms with Crippen LogP contribution in [0.2, 0.25) is 0 Å². The van der Waals surface area contributed by atoms with Gasteiger partial charge in [-0.1, -0.05) is 27.2 Å². The van der Waals surface area contributed by atoms with Gasteiger partial charge in [0, 0.05) is 26.1 Å². The van der Waals surface area contributed by atoms with Crippen LogP contribution in [0.15, 0.2) is 0 Å². The number of nitrogens with zero attached hydrogens (tertiary/aromatic N) is 1. The smallest absolute Gasteiger partial charge is 0.222 e. The SMILES string of the molecule is CCCCN(CCNCCC)C(=O)CC. The van der Waals surface area contributed by atoms with Crippen molar-refractivity contribution in [2.45, 2.75) is 46.5 Å². The highest BCUT2D eigenvalue weighted by Crippen LogP contribution is 1.97. The van der Waals surface area contributed by atoms with Crippen LogP contribution in [0.25, 0.3) is 0 Å². The normalized spacial score (nSPS) is 10.3. The Morgan fingerprint density at radius 2 is 1.80 bits per heavy atom. The summed E-state index contributed by atoms with van der Waals surface area (Å²) in [6.07, 6.45) is 4.03. The predicted molar refractivity (Wildman–Crippen MR) is 64.9 cm³/mol. The van der Waals surface area contributed by atoms with E-state index in [1.165, 1.54) is 0 Å². The lowest BCUT2D eigenvalue weighted by atomic mass is 10.3. The van der Waals surface area contributed by atoms with Gasteiger partial charge in [-0.05, 0) is 19.4 Å². The summed E-state index contributed by atoms with van der Waals surface area (Å²) in [5.41, 5.74) is 0. The zero-order valence-electron chi connectivity index (χ0n) is 10.5. The summed E-state index contributed by atoms with van der Waals surface area (Å²) in [5.74, 6) is 0.279. The fraction of sp³-hybridized carbons (Fsp3) is 0.917. The van der Waals surface area contributed by atoms with E-state index in [1.807, 2.05) is 11.8 Å². The Bertz CT molecular complexity index is 160. The van der Waals surface area contributed by atoms with Crippen LogP contribution >= 0.6 is 0 Å². The Morgan fingerprint density at radius 3 is 2.33 bits per heavy atom. The number of amides is 1. The molecule has 1 amide bonds. The van der Waals surface area contributed by atoms with Gasteiger partial charge in [-0.3, -0.25) is 4.79 Å². The van der Waals surface area contributed by atoms with Gasteiger partial charge in [0.1, 0.15) is 0 Å². The molecule has 0 radical (unpaired) electrons. The van der Waals surface area contributed by atoms with E-state index in [9.17, 15) is 4.79 Å². The third-order valence-electron chi connectivity index (χ3n) is 2.42. The lowest BCUT2D eigenvalue weighted by Crippen LogP contribution is -2.37. The molecule has 1 N–H and O–H groups in total. The van der Waals surface area contributed by atoms with Crippen LogP contribution in [0.5, 0.6) is 0 Å². The fourth-order valence-corrected chi connectivity index (χ4v) is 1.45. The second-order valence-electron chi connectivity index (χ2n) is 3.84. The Labute approximate surface area is 94.2 Å². The molecule has 0 rings (SSSR count). The maximum absolute atomic E-state index is 11.6. The molecule has 3 heteroatoms. The molecule has 0 saturated carbocycles. The van der Waals surface area contributed by atoms with E-state index in [0.717, 1.165) is 45.4 Å². The number of carbonyl (C=O) groups excluding carboxylic acids is 1. The van der Waals surface area contributed by atoms with Crippen LogP contribution in [-0.2, 0) is 4.79 Å². The van der Waals surface area contributed by atoms with Gasteiger partial charge >= 0.3 is 0 Å². The number of hydrogen-bond donors (Lipinski definition) is 1. The molecule has 0 aliphatic rings. The van der Waals surface area contributed by atoms with Crippen molar-refractivity contribution in [2.75, 3.05) is 26.2 Å². The predicted octanol–water partition coefficient (Wildman–Crippen LogP) is 2.02. The largest absolute Gasteiger partial charge is 0.341 e. The van der Waals surface area contributed by atoms with Crippen LogP contribution in [0.1, 0.15) is 46.5 Å². The highest BCUT2D eigenvalue weighted by molar-refractivity contribution is 5.75. The van der Waals surface area contributed by atoms with Crippen LogP contribution in [-0.4, -0.2) is 37.0 Å². The van der Waals surface area contributed by atoms with Crippen molar-refractivity contribution < 1.29 is 4.79 Å². The van der Waals surface area contributed by atoms with Crippen molar-refractivity contribution in [3.8, 4) is 0 Å². The first-order valence-electron chi connectivity index (χ1n) is 6.24. The molecule has 0 fully saturated rings. The van der Waals surface area contributed by atoms with E-state index < -0.39 is 0 Å². The minimum Gasteiger partial charge on any atom is -0.341 e. The summed E-state index contributed by atoms with van der Waals surface area (Å²) in [6, 6.07) is 0. The average molecular weight is 214 g/mol. The zero-order chi connectivity index (χ0) is 11.5. The van der Waals surface area contributed by atoms with Crippen molar-refractivity contribution in [2.24, 2.45) is 0 Å². The first-order valence-corrected chi connectivity index (χ1v) is 6.24. The number of nitrogens with one attached hydrogen (secondary N) is 1. The van der Waals surface area contributed by atoms with Gasteiger partial charge in [-0.25, -0.2) is 0 Å². The molecule has 0 heterocycles. The summed E-state index contributed by atoms with van der Waals surface area (Å²) in [6.45, 7) is 9.97. The van der Waals surface area contributed by atoms with E-state index in [1.54, 1.807) is 0 Å².